The fourth-order valence-electron chi connectivity index (χ4n) is 3.61. The number of hydrogen-bond acceptors (Lipinski definition) is 6. The number of fused-ring (bicyclic) bond motifs is 1. The highest BCUT2D eigenvalue weighted by Gasteiger charge is 2.18. The van der Waals surface area contributed by atoms with E-state index in [0.29, 0.717) is 19.4 Å². The van der Waals surface area contributed by atoms with Gasteiger partial charge in [-0.05, 0) is 61.2 Å². The zero-order valence-electron chi connectivity index (χ0n) is 18.9. The third kappa shape index (κ3) is 5.99. The smallest absolute Gasteiger partial charge is 0.297 e. The Morgan fingerprint density at radius 3 is 2.47 bits per heavy atom. The predicted octanol–water partition coefficient (Wildman–Crippen LogP) is 4.82. The Bertz CT molecular complexity index is 1340. The molecule has 1 heterocycles. The first-order chi connectivity index (χ1) is 16.4. The van der Waals surface area contributed by atoms with Crippen LogP contribution in [0.1, 0.15) is 23.1 Å². The van der Waals surface area contributed by atoms with Gasteiger partial charge in [-0.1, -0.05) is 54.1 Å². The molecule has 1 N–H and O–H groups in total. The van der Waals surface area contributed by atoms with Crippen LogP contribution >= 0.6 is 0 Å². The number of aryl methyl sites for hydroxylation is 2. The Labute approximate surface area is 199 Å². The highest BCUT2D eigenvalue weighted by molar-refractivity contribution is 7.86. The van der Waals surface area contributed by atoms with Crippen LogP contribution in [0.4, 0.5) is 0 Å². The maximum atomic E-state index is 12.4. The SMILES string of the molecule is Cc1ccc(S(=O)(=O)OCC(O)CCc2ccc3ncccc3c2OCc2ccccc2)cc1. The number of nitrogens with zero attached hydrogens (tertiary/aromatic N) is 1. The van der Waals surface area contributed by atoms with Gasteiger partial charge >= 0.3 is 0 Å². The Morgan fingerprint density at radius 1 is 0.941 bits per heavy atom. The van der Waals surface area contributed by atoms with Gasteiger partial charge < -0.3 is 9.84 Å². The van der Waals surface area contributed by atoms with E-state index in [0.717, 1.165) is 33.3 Å². The summed E-state index contributed by atoms with van der Waals surface area (Å²) in [6, 6.07) is 24.0. The number of benzene rings is 3. The summed E-state index contributed by atoms with van der Waals surface area (Å²) in [5.74, 6) is 0.717. The molecule has 34 heavy (non-hydrogen) atoms. The van der Waals surface area contributed by atoms with Gasteiger partial charge in [-0.3, -0.25) is 9.17 Å². The number of aliphatic hydroxyl groups is 1. The molecule has 0 saturated heterocycles. The Hall–Kier alpha value is -3.26. The summed E-state index contributed by atoms with van der Waals surface area (Å²) < 4.78 is 36.1. The van der Waals surface area contributed by atoms with Gasteiger partial charge in [0.2, 0.25) is 0 Å². The first kappa shape index (κ1) is 23.9. The zero-order chi connectivity index (χ0) is 24.0. The second kappa shape index (κ2) is 10.8. The number of ether oxygens (including phenoxy) is 1. The summed E-state index contributed by atoms with van der Waals surface area (Å²) in [6.07, 6.45) is 1.59. The minimum atomic E-state index is -3.92. The van der Waals surface area contributed by atoms with E-state index in [1.807, 2.05) is 61.5 Å². The van der Waals surface area contributed by atoms with E-state index in [1.54, 1.807) is 18.3 Å². The third-order valence-corrected chi connectivity index (χ3v) is 6.81. The molecule has 0 spiro atoms. The van der Waals surface area contributed by atoms with E-state index in [9.17, 15) is 13.5 Å². The molecule has 3 aromatic carbocycles. The summed E-state index contributed by atoms with van der Waals surface area (Å²) in [4.78, 5) is 4.48. The van der Waals surface area contributed by atoms with Crippen molar-refractivity contribution in [2.45, 2.75) is 37.4 Å². The minimum absolute atomic E-state index is 0.0731. The first-order valence-corrected chi connectivity index (χ1v) is 12.5. The van der Waals surface area contributed by atoms with Crippen molar-refractivity contribution in [3.63, 3.8) is 0 Å². The average Bonchev–Trinajstić information content (AvgIpc) is 2.86. The largest absolute Gasteiger partial charge is 0.488 e. The fourth-order valence-corrected chi connectivity index (χ4v) is 4.56. The van der Waals surface area contributed by atoms with Gasteiger partial charge in [0.25, 0.3) is 10.1 Å². The van der Waals surface area contributed by atoms with Crippen LogP contribution in [-0.2, 0) is 27.3 Å². The lowest BCUT2D eigenvalue weighted by molar-refractivity contribution is 0.103. The summed E-state index contributed by atoms with van der Waals surface area (Å²) >= 11 is 0. The van der Waals surface area contributed by atoms with Gasteiger partial charge in [0.15, 0.2) is 0 Å². The lowest BCUT2D eigenvalue weighted by atomic mass is 10.0. The monoisotopic (exact) mass is 477 g/mol. The van der Waals surface area contributed by atoms with E-state index < -0.39 is 16.2 Å². The second-order valence-electron chi connectivity index (χ2n) is 8.14. The summed E-state index contributed by atoms with van der Waals surface area (Å²) in [5.41, 5.74) is 3.73. The van der Waals surface area contributed by atoms with Gasteiger partial charge in [-0.15, -0.1) is 0 Å². The summed E-state index contributed by atoms with van der Waals surface area (Å²) in [5, 5.41) is 11.3. The highest BCUT2D eigenvalue weighted by atomic mass is 32.2. The molecule has 0 amide bonds. The quantitative estimate of drug-likeness (QED) is 0.330. The van der Waals surface area contributed by atoms with E-state index in [2.05, 4.69) is 4.98 Å². The molecular formula is C27H27NO5S. The van der Waals surface area contributed by atoms with Gasteiger partial charge in [-0.25, -0.2) is 0 Å². The van der Waals surface area contributed by atoms with Crippen LogP contribution in [0.2, 0.25) is 0 Å². The molecule has 1 unspecified atom stereocenters. The normalized spacial score (nSPS) is 12.5. The van der Waals surface area contributed by atoms with Gasteiger partial charge in [0.1, 0.15) is 12.4 Å². The average molecular weight is 478 g/mol. The molecule has 0 aliphatic carbocycles. The molecule has 0 saturated carbocycles. The van der Waals surface area contributed by atoms with Crippen molar-refractivity contribution < 1.29 is 22.4 Å². The maximum Gasteiger partial charge on any atom is 0.297 e. The Morgan fingerprint density at radius 2 is 1.71 bits per heavy atom. The molecule has 0 bridgehead atoms. The Balaban J connectivity index is 1.43. The van der Waals surface area contributed by atoms with E-state index in [-0.39, 0.29) is 11.5 Å². The number of hydrogen-bond donors (Lipinski definition) is 1. The summed E-state index contributed by atoms with van der Waals surface area (Å²) in [6.45, 7) is 1.97. The van der Waals surface area contributed by atoms with Crippen molar-refractivity contribution >= 4 is 21.0 Å². The van der Waals surface area contributed by atoms with Crippen molar-refractivity contribution in [3.8, 4) is 5.75 Å². The fraction of sp³-hybridized carbons (Fsp3) is 0.222. The molecule has 6 nitrogen and oxygen atoms in total. The zero-order valence-corrected chi connectivity index (χ0v) is 19.7. The minimum Gasteiger partial charge on any atom is -0.488 e. The van der Waals surface area contributed by atoms with Crippen molar-refractivity contribution in [2.75, 3.05) is 6.61 Å². The Kier molecular flexibility index (Phi) is 7.57. The molecule has 0 fully saturated rings. The molecule has 4 aromatic rings. The van der Waals surface area contributed by atoms with Gasteiger partial charge in [0.05, 0.1) is 23.1 Å². The van der Waals surface area contributed by atoms with E-state index >= 15 is 0 Å². The number of pyridine rings is 1. The van der Waals surface area contributed by atoms with Gasteiger partial charge in [0, 0.05) is 11.6 Å². The van der Waals surface area contributed by atoms with Crippen LogP contribution < -0.4 is 4.74 Å². The molecular weight excluding hydrogens is 450 g/mol. The molecule has 7 heteroatoms. The van der Waals surface area contributed by atoms with Crippen molar-refractivity contribution in [1.29, 1.82) is 0 Å². The van der Waals surface area contributed by atoms with Crippen molar-refractivity contribution in [2.24, 2.45) is 0 Å². The first-order valence-electron chi connectivity index (χ1n) is 11.1. The van der Waals surface area contributed by atoms with Crippen LogP contribution in [0.25, 0.3) is 10.9 Å². The van der Waals surface area contributed by atoms with Crippen LogP contribution in [-0.4, -0.2) is 31.2 Å². The van der Waals surface area contributed by atoms with Crippen LogP contribution in [0.15, 0.2) is 90.0 Å². The lowest BCUT2D eigenvalue weighted by Crippen LogP contribution is -2.19. The number of aromatic nitrogens is 1. The van der Waals surface area contributed by atoms with Crippen molar-refractivity contribution in [3.05, 3.63) is 102 Å². The number of rotatable bonds is 10. The molecule has 0 aliphatic heterocycles. The molecule has 1 aromatic heterocycles. The maximum absolute atomic E-state index is 12.4. The topological polar surface area (TPSA) is 85.7 Å². The van der Waals surface area contributed by atoms with Crippen molar-refractivity contribution in [1.82, 2.24) is 4.98 Å². The predicted molar refractivity (Wildman–Crippen MR) is 131 cm³/mol. The molecule has 1 atom stereocenters. The summed E-state index contributed by atoms with van der Waals surface area (Å²) in [7, 11) is -3.92. The van der Waals surface area contributed by atoms with E-state index in [1.165, 1.54) is 12.1 Å². The molecule has 176 valence electrons. The molecule has 4 rings (SSSR count). The standard InChI is InChI=1S/C27H27NO5S/c1-20-9-14-24(15-10-20)34(30,31)33-19-23(29)13-11-22-12-16-26-25(8-5-17-28-26)27(22)32-18-21-6-3-2-4-7-21/h2-10,12,14-17,23,29H,11,13,18-19H2,1H3. The second-order valence-corrected chi connectivity index (χ2v) is 9.76. The molecule has 0 radical (unpaired) electrons. The van der Waals surface area contributed by atoms with Gasteiger partial charge in [-0.2, -0.15) is 8.42 Å². The van der Waals surface area contributed by atoms with E-state index in [4.69, 9.17) is 8.92 Å². The molecule has 0 aliphatic rings. The number of aliphatic hydroxyl groups excluding tert-OH is 1. The van der Waals surface area contributed by atoms with Crippen LogP contribution in [0.3, 0.4) is 0 Å². The van der Waals surface area contributed by atoms with Crippen LogP contribution in [0.5, 0.6) is 5.75 Å². The lowest BCUT2D eigenvalue weighted by Gasteiger charge is -2.16. The highest BCUT2D eigenvalue weighted by Crippen LogP contribution is 2.31. The van der Waals surface area contributed by atoms with Crippen LogP contribution in [0, 0.1) is 6.92 Å². The third-order valence-electron chi connectivity index (χ3n) is 5.52.